The van der Waals surface area contributed by atoms with Gasteiger partial charge < -0.3 is 0 Å². The maximum absolute atomic E-state index is 9.21. The summed E-state index contributed by atoms with van der Waals surface area (Å²) >= 11 is 4.64. The number of carbonyl (C=O) groups excluding carboxylic acids is 1. The molecule has 0 saturated heterocycles. The van der Waals surface area contributed by atoms with Gasteiger partial charge in [0, 0.05) is 6.92 Å². The van der Waals surface area contributed by atoms with Crippen LogP contribution in [0.1, 0.15) is 112 Å². The first kappa shape index (κ1) is 50.9. The van der Waals surface area contributed by atoms with Crippen LogP contribution in [0, 0.1) is 0 Å². The van der Waals surface area contributed by atoms with Crippen molar-refractivity contribution in [1.82, 2.24) is 0 Å². The summed E-state index contributed by atoms with van der Waals surface area (Å²) in [6.07, 6.45) is 5.00. The molecule has 0 amide bonds. The lowest BCUT2D eigenvalue weighted by Gasteiger charge is -1.52. The zero-order valence-corrected chi connectivity index (χ0v) is 13.9. The van der Waals surface area contributed by atoms with Gasteiger partial charge in [-0.2, -0.15) is 0 Å². The number of hydrogen-bond acceptors (Lipinski definition) is 1. The summed E-state index contributed by atoms with van der Waals surface area (Å²) in [6, 6.07) is 0. The molecule has 0 radical (unpaired) electrons. The fourth-order valence-electron chi connectivity index (χ4n) is 0. The third-order valence-corrected chi connectivity index (χ3v) is 0. The predicted molar refractivity (Wildman–Crippen MR) is 102 cm³/mol. The number of rotatable bonds is 0. The van der Waals surface area contributed by atoms with Gasteiger partial charge in [0.15, 0.2) is 0 Å². The highest BCUT2D eigenvalue weighted by Gasteiger charge is 1.67. The molecule has 0 aliphatic heterocycles. The van der Waals surface area contributed by atoms with Crippen LogP contribution in [0.3, 0.4) is 0 Å². The van der Waals surface area contributed by atoms with E-state index in [1.54, 1.807) is 0 Å². The van der Waals surface area contributed by atoms with Crippen LogP contribution < -0.4 is 0 Å². The van der Waals surface area contributed by atoms with E-state index in [1.807, 2.05) is 0 Å². The Balaban J connectivity index is -0.0000000103. The average molecular weight is 304 g/mol. The Labute approximate surface area is 134 Å². The zero-order valence-electron chi connectivity index (χ0n) is 14.1. The first-order chi connectivity index (χ1) is 7.39. The molecule has 0 fully saturated rings. The average Bonchev–Trinajstić information content (AvgIpc) is 2.06. The highest BCUT2D eigenvalue weighted by atomic mass is 35.5. The van der Waals surface area contributed by atoms with E-state index in [0.29, 0.717) is 0 Å². The molecule has 2 heteroatoms. The van der Waals surface area contributed by atoms with Gasteiger partial charge in [-0.3, -0.25) is 4.79 Å². The Bertz CT molecular complexity index is 67.4. The Morgan fingerprint density at radius 2 is 0.684 bits per heavy atom. The van der Waals surface area contributed by atoms with E-state index < -0.39 is 0 Å². The van der Waals surface area contributed by atoms with Crippen molar-refractivity contribution in [2.45, 2.75) is 110 Å². The highest BCUT2D eigenvalue weighted by molar-refractivity contribution is 6.62. The molecule has 0 spiro atoms. The number of hydrogen-bond donors (Lipinski definition) is 0. The minimum Gasteiger partial charge on any atom is -0.282 e. The second-order valence-corrected chi connectivity index (χ2v) is 3.83. The van der Waals surface area contributed by atoms with Crippen LogP contribution in [0.4, 0.5) is 0 Å². The van der Waals surface area contributed by atoms with E-state index in [2.05, 4.69) is 67.0 Å². The fraction of sp³-hybridized carbons (Fsp3) is 0.941. The van der Waals surface area contributed by atoms with Crippen LogP contribution in [-0.2, 0) is 4.79 Å². The van der Waals surface area contributed by atoms with Crippen molar-refractivity contribution in [3.8, 4) is 0 Å². The minimum absolute atomic E-state index is 0. The van der Waals surface area contributed by atoms with E-state index in [0.717, 1.165) is 0 Å². The maximum atomic E-state index is 9.21. The summed E-state index contributed by atoms with van der Waals surface area (Å²) in [4.78, 5) is 9.21. The Morgan fingerprint density at radius 1 is 0.684 bits per heavy atom. The quantitative estimate of drug-likeness (QED) is 0.410. The van der Waals surface area contributed by atoms with Gasteiger partial charge in [0.1, 0.15) is 0 Å². The lowest BCUT2D eigenvalue weighted by molar-refractivity contribution is -0.109. The molecule has 0 rings (SSSR count). The van der Waals surface area contributed by atoms with E-state index in [9.17, 15) is 4.79 Å². The smallest absolute Gasteiger partial charge is 0.282 e. The van der Waals surface area contributed by atoms with Gasteiger partial charge >= 0.3 is 1.43 Å². The van der Waals surface area contributed by atoms with Crippen molar-refractivity contribution in [3.63, 3.8) is 0 Å². The minimum atomic E-state index is -0.361. The fourth-order valence-corrected chi connectivity index (χ4v) is 0. The lowest BCUT2D eigenvalue weighted by Crippen LogP contribution is -1.62. The highest BCUT2D eigenvalue weighted by Crippen LogP contribution is 1.67. The van der Waals surface area contributed by atoms with Crippen LogP contribution >= 0.6 is 11.6 Å². The Kier molecular flexibility index (Phi) is 286. The second-order valence-electron chi connectivity index (χ2n) is 3.30. The summed E-state index contributed by atoms with van der Waals surface area (Å²) in [5.41, 5.74) is 0. The number of carbonyl (C=O) groups is 1. The monoisotopic (exact) mass is 303 g/mol. The van der Waals surface area contributed by atoms with E-state index in [-0.39, 0.29) is 28.9 Å². The molecule has 128 valence electrons. The van der Waals surface area contributed by atoms with Crippen molar-refractivity contribution in [3.05, 3.63) is 0 Å². The molecule has 0 N–H and O–H groups in total. The third-order valence-electron chi connectivity index (χ3n) is 0. The number of halogens is 1. The molecule has 0 bridgehead atoms. The molecule has 0 atom stereocenters. The first-order valence-electron chi connectivity index (χ1n) is 6.55. The van der Waals surface area contributed by atoms with Crippen LogP contribution in [0.15, 0.2) is 0 Å². The van der Waals surface area contributed by atoms with Crippen molar-refractivity contribution < 1.29 is 6.22 Å². The van der Waals surface area contributed by atoms with Gasteiger partial charge in [-0.1, -0.05) is 103 Å². The summed E-state index contributed by atoms with van der Waals surface area (Å²) in [7, 11) is 0. The SMILES string of the molecule is C.C.C.CC(=O)Cl.CCC.CCC.CCC.CCC.[H+]. The predicted octanol–water partition coefficient (Wildman–Crippen LogP) is 8.46. The summed E-state index contributed by atoms with van der Waals surface area (Å²) in [6.45, 7) is 18.3. The van der Waals surface area contributed by atoms with E-state index >= 15 is 0 Å². The van der Waals surface area contributed by atoms with Gasteiger partial charge in [-0.15, -0.1) is 0 Å². The molecule has 1 nitrogen and oxygen atoms in total. The first-order valence-corrected chi connectivity index (χ1v) is 6.93. The molecule has 0 aromatic carbocycles. The van der Waals surface area contributed by atoms with Gasteiger partial charge in [-0.05, 0) is 11.6 Å². The molecule has 0 aliphatic rings. The lowest BCUT2D eigenvalue weighted by atomic mass is 10.6. The summed E-state index contributed by atoms with van der Waals surface area (Å²) in [5.74, 6) is 0. The molecule has 0 aromatic heterocycles. The summed E-state index contributed by atoms with van der Waals surface area (Å²) < 4.78 is 0. The maximum Gasteiger partial charge on any atom is 1.00 e. The van der Waals surface area contributed by atoms with E-state index in [1.165, 1.54) is 32.6 Å². The van der Waals surface area contributed by atoms with Crippen LogP contribution in [0.5, 0.6) is 0 Å². The normalized spacial score (nSPS) is 5.16. The molecule has 19 heavy (non-hydrogen) atoms. The Morgan fingerprint density at radius 3 is 0.684 bits per heavy atom. The van der Waals surface area contributed by atoms with Crippen LogP contribution in [0.25, 0.3) is 0 Å². The van der Waals surface area contributed by atoms with Gasteiger partial charge in [0.2, 0.25) is 5.24 Å². The van der Waals surface area contributed by atoms with Crippen molar-refractivity contribution in [2.24, 2.45) is 0 Å². The zero-order chi connectivity index (χ0) is 14.4. The van der Waals surface area contributed by atoms with Gasteiger partial charge in [-0.25, -0.2) is 0 Å². The summed E-state index contributed by atoms with van der Waals surface area (Å²) in [5, 5.41) is -0.361. The standard InChI is InChI=1S/4C3H8.C2H3ClO.3CH4/c4*1-3-2;1-2(3)4;;;/h4*3H2,1-2H3;1H3;3*1H4/p+1. The van der Waals surface area contributed by atoms with Crippen molar-refractivity contribution in [1.29, 1.82) is 0 Å². The molecule has 0 aliphatic carbocycles. The van der Waals surface area contributed by atoms with Crippen molar-refractivity contribution in [2.75, 3.05) is 0 Å². The van der Waals surface area contributed by atoms with Crippen LogP contribution in [-0.4, -0.2) is 5.24 Å². The molecule has 0 heterocycles. The topological polar surface area (TPSA) is 17.1 Å². The van der Waals surface area contributed by atoms with Gasteiger partial charge in [0.05, 0.1) is 0 Å². The molecule has 0 aromatic rings. The second kappa shape index (κ2) is 107. The van der Waals surface area contributed by atoms with Crippen molar-refractivity contribution >= 4 is 16.8 Å². The Hall–Kier alpha value is -0.0400. The van der Waals surface area contributed by atoms with E-state index in [4.69, 9.17) is 0 Å². The van der Waals surface area contributed by atoms with Gasteiger partial charge in [0.25, 0.3) is 0 Å². The molecule has 0 saturated carbocycles. The molecular formula is C17H48ClO+. The van der Waals surface area contributed by atoms with Crippen LogP contribution in [0.2, 0.25) is 0 Å². The third kappa shape index (κ3) is 2860000. The molecular weight excluding hydrogens is 256 g/mol. The largest absolute Gasteiger partial charge is 1.00 e. The molecule has 0 unspecified atom stereocenters.